The molecule has 3 fully saturated rings. The number of alkyl halides is 4. The van der Waals surface area contributed by atoms with Crippen LogP contribution in [-0.4, -0.2) is 78.6 Å². The molecule has 1 N–H and O–H groups in total. The van der Waals surface area contributed by atoms with Gasteiger partial charge >= 0.3 is 18.1 Å². The number of esters is 2. The molecule has 0 spiro atoms. The summed E-state index contributed by atoms with van der Waals surface area (Å²) in [5, 5.41) is 0. The zero-order chi connectivity index (χ0) is 40.7. The topological polar surface area (TPSA) is 153 Å². The normalized spacial score (nSPS) is 30.5. The van der Waals surface area contributed by atoms with Gasteiger partial charge in [-0.3, -0.25) is 23.9 Å². The number of sulfonamides is 1. The van der Waals surface area contributed by atoms with E-state index in [0.717, 1.165) is 18.2 Å². The van der Waals surface area contributed by atoms with E-state index in [1.54, 1.807) is 26.8 Å². The van der Waals surface area contributed by atoms with Crippen LogP contribution in [0.15, 0.2) is 36.4 Å². The molecule has 1 aromatic carbocycles. The minimum Gasteiger partial charge on any atom is -0.460 e. The maximum absolute atomic E-state index is 14.6. The number of hydrogen-bond acceptors (Lipinski definition) is 9. The van der Waals surface area contributed by atoms with Gasteiger partial charge in [0.1, 0.15) is 23.1 Å². The van der Waals surface area contributed by atoms with Gasteiger partial charge in [-0.25, -0.2) is 17.6 Å². The number of carbonyl (C=O) groups is 5. The first-order valence-electron chi connectivity index (χ1n) is 18.7. The second kappa shape index (κ2) is 15.6. The van der Waals surface area contributed by atoms with Gasteiger partial charge in [0, 0.05) is 12.8 Å². The average molecular weight is 799 g/mol. The molecule has 304 valence electrons. The molecule has 2 aliphatic heterocycles. The number of ether oxygens (including phenoxy) is 2. The van der Waals surface area contributed by atoms with E-state index in [1.165, 1.54) is 11.0 Å². The van der Waals surface area contributed by atoms with Gasteiger partial charge in [0.15, 0.2) is 5.78 Å². The summed E-state index contributed by atoms with van der Waals surface area (Å²) in [6, 6.07) is 2.71. The third kappa shape index (κ3) is 9.42. The SMILES string of the molecule is C[C@H]1CC/C=C\[C@@H]2C[C@@]2(C(=O)NS(=O)(=O)C2(CF)CC2)CC(=O)[C@@H]2C[C@@H](OC(=O)c3ccccc3C(F)(F)F)CN2C(=O)[C@@H](CC(=O)OC(C)(C)C)[C@H](C)C1. The highest BCUT2D eigenvalue weighted by Gasteiger charge is 2.63. The van der Waals surface area contributed by atoms with Crippen LogP contribution < -0.4 is 4.72 Å². The number of nitrogens with one attached hydrogen (secondary N) is 1. The Hall–Kier alpha value is -3.82. The predicted molar refractivity (Wildman–Crippen MR) is 191 cm³/mol. The van der Waals surface area contributed by atoms with Crippen molar-refractivity contribution in [3.8, 4) is 0 Å². The van der Waals surface area contributed by atoms with Gasteiger partial charge < -0.3 is 14.4 Å². The molecule has 0 radical (unpaired) electrons. The summed E-state index contributed by atoms with van der Waals surface area (Å²) >= 11 is 0. The monoisotopic (exact) mass is 798 g/mol. The fourth-order valence-corrected chi connectivity index (χ4v) is 9.37. The molecule has 2 heterocycles. The van der Waals surface area contributed by atoms with Crippen molar-refractivity contribution in [2.45, 2.75) is 121 Å². The first-order chi connectivity index (χ1) is 25.5. The highest BCUT2D eigenvalue weighted by atomic mass is 32.2. The molecule has 16 heteroatoms. The second-order valence-electron chi connectivity index (χ2n) is 16.9. The number of amides is 2. The quantitative estimate of drug-likeness (QED) is 0.187. The number of nitrogens with zero attached hydrogens (tertiary/aromatic N) is 1. The Morgan fingerprint density at radius 2 is 1.71 bits per heavy atom. The Kier molecular flexibility index (Phi) is 12.0. The van der Waals surface area contributed by atoms with Crippen LogP contribution in [0.3, 0.4) is 0 Å². The van der Waals surface area contributed by atoms with E-state index in [1.807, 2.05) is 24.6 Å². The van der Waals surface area contributed by atoms with E-state index in [0.29, 0.717) is 19.3 Å². The largest absolute Gasteiger partial charge is 0.460 e. The standard InChI is InChI=1S/C39H50F4N2O9S/c1-23-10-6-7-11-25-19-38(25,35(50)44-55(51,52)37(22-40)14-15-37)20-31(46)30-17-26(53-34(49)27-12-8-9-13-29(27)39(41,42)43)21-45(30)33(48)28(24(2)16-23)18-32(47)54-36(3,4)5/h7-9,11-13,23-26,28,30H,6,10,14-22H2,1-5H3,(H,44,50)/b11-7-/t23-,24+,25+,26+,28-,30-,38+/m0/s1. The summed E-state index contributed by atoms with van der Waals surface area (Å²) < 4.78 is 92.8. The van der Waals surface area contributed by atoms with E-state index in [2.05, 4.69) is 0 Å². The van der Waals surface area contributed by atoms with Gasteiger partial charge in [-0.05, 0) is 89.2 Å². The van der Waals surface area contributed by atoms with E-state index < -0.39 is 122 Å². The lowest BCUT2D eigenvalue weighted by Gasteiger charge is -2.32. The number of benzene rings is 1. The molecule has 4 aliphatic rings. The smallest absolute Gasteiger partial charge is 0.417 e. The van der Waals surface area contributed by atoms with Crippen molar-refractivity contribution in [3.05, 3.63) is 47.5 Å². The van der Waals surface area contributed by atoms with Crippen LogP contribution in [0.5, 0.6) is 0 Å². The van der Waals surface area contributed by atoms with Crippen LogP contribution in [0.2, 0.25) is 0 Å². The Labute approximate surface area is 319 Å². The fourth-order valence-electron chi connectivity index (χ4n) is 7.93. The van der Waals surface area contributed by atoms with E-state index >= 15 is 0 Å². The van der Waals surface area contributed by atoms with Crippen molar-refractivity contribution in [1.82, 2.24) is 9.62 Å². The molecule has 2 aliphatic carbocycles. The molecular formula is C39H50F4N2O9S. The number of Topliss-reactive ketones (excluding diaryl/α,β-unsaturated/α-hetero) is 1. The molecule has 2 saturated carbocycles. The zero-order valence-corrected chi connectivity index (χ0v) is 32.6. The molecule has 1 saturated heterocycles. The average Bonchev–Trinajstić information content (AvgIpc) is 3.98. The van der Waals surface area contributed by atoms with Gasteiger partial charge in [-0.1, -0.05) is 38.1 Å². The number of fused-ring (bicyclic) bond motifs is 2. The predicted octanol–water partition coefficient (Wildman–Crippen LogP) is 6.11. The van der Waals surface area contributed by atoms with Crippen molar-refractivity contribution in [2.24, 2.45) is 29.1 Å². The van der Waals surface area contributed by atoms with Gasteiger partial charge in [0.05, 0.1) is 41.5 Å². The maximum atomic E-state index is 14.6. The third-order valence-electron chi connectivity index (χ3n) is 11.3. The molecule has 11 nitrogen and oxygen atoms in total. The highest BCUT2D eigenvalue weighted by Crippen LogP contribution is 2.58. The number of carbonyl (C=O) groups excluding carboxylic acids is 5. The Morgan fingerprint density at radius 1 is 1.04 bits per heavy atom. The van der Waals surface area contributed by atoms with E-state index in [4.69, 9.17) is 9.47 Å². The third-order valence-corrected chi connectivity index (χ3v) is 13.5. The van der Waals surface area contributed by atoms with Crippen molar-refractivity contribution >= 4 is 39.6 Å². The van der Waals surface area contributed by atoms with E-state index in [-0.39, 0.29) is 38.0 Å². The van der Waals surface area contributed by atoms with Crippen molar-refractivity contribution in [2.75, 3.05) is 13.2 Å². The number of rotatable bonds is 8. The Balaban J connectivity index is 1.50. The minimum atomic E-state index is -4.88. The van der Waals surface area contributed by atoms with Crippen LogP contribution in [0.1, 0.15) is 108 Å². The van der Waals surface area contributed by atoms with Crippen LogP contribution in [0, 0.1) is 29.1 Å². The molecule has 0 aromatic heterocycles. The summed E-state index contributed by atoms with van der Waals surface area (Å²) in [6.45, 7) is 7.27. The van der Waals surface area contributed by atoms with Crippen LogP contribution in [-0.2, 0) is 44.9 Å². The lowest BCUT2D eigenvalue weighted by atomic mass is 9.82. The maximum Gasteiger partial charge on any atom is 0.417 e. The number of halogens is 4. The van der Waals surface area contributed by atoms with Crippen molar-refractivity contribution < 1.29 is 59.4 Å². The molecule has 7 atom stereocenters. The summed E-state index contributed by atoms with van der Waals surface area (Å²) in [6.07, 6.45) is -1.74. The first-order valence-corrected chi connectivity index (χ1v) is 20.2. The summed E-state index contributed by atoms with van der Waals surface area (Å²) in [4.78, 5) is 70.5. The van der Waals surface area contributed by atoms with Gasteiger partial charge in [0.2, 0.25) is 21.8 Å². The number of hydrogen-bond donors (Lipinski definition) is 1. The lowest BCUT2D eigenvalue weighted by molar-refractivity contribution is -0.160. The summed E-state index contributed by atoms with van der Waals surface area (Å²) in [5.41, 5.74) is -4.39. The molecule has 0 unspecified atom stereocenters. The van der Waals surface area contributed by atoms with Crippen molar-refractivity contribution in [1.29, 1.82) is 0 Å². The lowest BCUT2D eigenvalue weighted by Crippen LogP contribution is -2.48. The van der Waals surface area contributed by atoms with Crippen LogP contribution in [0.25, 0.3) is 0 Å². The van der Waals surface area contributed by atoms with Gasteiger partial charge in [0.25, 0.3) is 0 Å². The highest BCUT2D eigenvalue weighted by molar-refractivity contribution is 7.91. The van der Waals surface area contributed by atoms with Crippen LogP contribution in [0.4, 0.5) is 17.6 Å². The van der Waals surface area contributed by atoms with Gasteiger partial charge in [-0.2, -0.15) is 13.2 Å². The minimum absolute atomic E-state index is 0.0368. The Bertz CT molecular complexity index is 1820. The van der Waals surface area contributed by atoms with Crippen molar-refractivity contribution in [3.63, 3.8) is 0 Å². The zero-order valence-electron chi connectivity index (χ0n) is 31.7. The molecule has 5 rings (SSSR count). The number of allylic oxidation sites excluding steroid dienone is 2. The van der Waals surface area contributed by atoms with E-state index in [9.17, 15) is 50.0 Å². The van der Waals surface area contributed by atoms with Gasteiger partial charge in [-0.15, -0.1) is 0 Å². The van der Waals surface area contributed by atoms with Crippen LogP contribution >= 0.6 is 0 Å². The number of ketones is 1. The molecule has 0 bridgehead atoms. The second-order valence-corrected chi connectivity index (χ2v) is 19.0. The summed E-state index contributed by atoms with van der Waals surface area (Å²) in [7, 11) is -4.43. The molecular weight excluding hydrogens is 748 g/mol. The molecule has 1 aromatic rings. The first kappa shape index (κ1) is 42.3. The Morgan fingerprint density at radius 3 is 2.33 bits per heavy atom. The summed E-state index contributed by atoms with van der Waals surface area (Å²) in [5.74, 6) is -6.12. The molecule has 55 heavy (non-hydrogen) atoms. The fraction of sp³-hybridized carbons (Fsp3) is 0.667. The molecule has 2 amide bonds.